The molecule has 1 aliphatic rings. The van der Waals surface area contributed by atoms with Gasteiger partial charge in [0.25, 0.3) is 0 Å². The first kappa shape index (κ1) is 12.6. The topological polar surface area (TPSA) is 47.0 Å². The molecular weight excluding hydrogens is 238 g/mol. The van der Waals surface area contributed by atoms with Crippen molar-refractivity contribution >= 4 is 17.4 Å². The zero-order chi connectivity index (χ0) is 12.5. The van der Waals surface area contributed by atoms with E-state index in [1.807, 2.05) is 0 Å². The maximum absolute atomic E-state index is 6.02. The average Bonchev–Trinajstić information content (AvgIpc) is 2.68. The number of hydrogen-bond donors (Lipinski definition) is 1. The first-order chi connectivity index (χ1) is 7.95. The van der Waals surface area contributed by atoms with Crippen LogP contribution >= 0.6 is 11.6 Å². The summed E-state index contributed by atoms with van der Waals surface area (Å²) in [5.41, 5.74) is -0.104. The molecule has 17 heavy (non-hydrogen) atoms. The van der Waals surface area contributed by atoms with Gasteiger partial charge in [-0.25, -0.2) is 9.97 Å². The minimum atomic E-state index is -0.104. The first-order valence-electron chi connectivity index (χ1n) is 5.84. The summed E-state index contributed by atoms with van der Waals surface area (Å²) in [6, 6.07) is 2.09. The Morgan fingerprint density at radius 1 is 1.41 bits per heavy atom. The molecule has 1 saturated heterocycles. The molecule has 2 rings (SSSR count). The summed E-state index contributed by atoms with van der Waals surface area (Å²) in [6.07, 6.45) is 1.01. The summed E-state index contributed by atoms with van der Waals surface area (Å²) in [4.78, 5) is 8.77. The van der Waals surface area contributed by atoms with E-state index >= 15 is 0 Å². The number of aromatic nitrogens is 2. The van der Waals surface area contributed by atoms with E-state index in [9.17, 15) is 0 Å². The smallest absolute Gasteiger partial charge is 0.137 e. The van der Waals surface area contributed by atoms with Crippen LogP contribution in [0.15, 0.2) is 6.07 Å². The highest BCUT2D eigenvalue weighted by Gasteiger charge is 2.21. The van der Waals surface area contributed by atoms with Crippen molar-refractivity contribution in [2.24, 2.45) is 0 Å². The lowest BCUT2D eigenvalue weighted by molar-refractivity contribution is 0.195. The third kappa shape index (κ3) is 3.30. The molecule has 2 heterocycles. The molecule has 0 amide bonds. The monoisotopic (exact) mass is 255 g/mol. The Bertz CT molecular complexity index is 397. The van der Waals surface area contributed by atoms with Crippen molar-refractivity contribution in [2.45, 2.75) is 38.6 Å². The molecule has 1 fully saturated rings. The van der Waals surface area contributed by atoms with Gasteiger partial charge in [0.05, 0.1) is 12.6 Å². The summed E-state index contributed by atoms with van der Waals surface area (Å²) >= 11 is 6.02. The van der Waals surface area contributed by atoms with Crippen LogP contribution in [0.2, 0.25) is 5.15 Å². The molecule has 5 heteroatoms. The molecule has 1 aromatic heterocycles. The molecule has 0 saturated carbocycles. The predicted octanol–water partition coefficient (Wildman–Crippen LogP) is 2.63. The van der Waals surface area contributed by atoms with Crippen LogP contribution in [0.1, 0.15) is 33.0 Å². The van der Waals surface area contributed by atoms with Gasteiger partial charge in [-0.05, 0) is 6.42 Å². The van der Waals surface area contributed by atoms with E-state index in [0.717, 1.165) is 31.3 Å². The van der Waals surface area contributed by atoms with Gasteiger partial charge in [0, 0.05) is 18.1 Å². The number of anilines is 1. The van der Waals surface area contributed by atoms with Crippen molar-refractivity contribution in [2.75, 3.05) is 18.5 Å². The third-order valence-corrected chi connectivity index (χ3v) is 2.84. The SMILES string of the molecule is CC(C)(C)c1nc(Cl)cc(NC2CCOC2)n1. The second kappa shape index (κ2) is 4.78. The minimum Gasteiger partial charge on any atom is -0.379 e. The summed E-state index contributed by atoms with van der Waals surface area (Å²) in [5, 5.41) is 3.81. The standard InChI is InChI=1S/C12H18ClN3O/c1-12(2,3)11-15-9(13)6-10(16-11)14-8-4-5-17-7-8/h6,8H,4-5,7H2,1-3H3,(H,14,15,16). The van der Waals surface area contributed by atoms with Crippen LogP contribution in [-0.4, -0.2) is 29.2 Å². The fraction of sp³-hybridized carbons (Fsp3) is 0.667. The molecule has 0 bridgehead atoms. The molecule has 1 N–H and O–H groups in total. The molecule has 0 aromatic carbocycles. The highest BCUT2D eigenvalue weighted by Crippen LogP contribution is 2.23. The van der Waals surface area contributed by atoms with Crippen LogP contribution in [0.5, 0.6) is 0 Å². The van der Waals surface area contributed by atoms with Gasteiger partial charge in [-0.15, -0.1) is 0 Å². The van der Waals surface area contributed by atoms with Gasteiger partial charge < -0.3 is 10.1 Å². The minimum absolute atomic E-state index is 0.104. The number of ether oxygens (including phenoxy) is 1. The highest BCUT2D eigenvalue weighted by atomic mass is 35.5. The van der Waals surface area contributed by atoms with E-state index in [4.69, 9.17) is 16.3 Å². The quantitative estimate of drug-likeness (QED) is 0.826. The van der Waals surface area contributed by atoms with Crippen LogP contribution in [0.25, 0.3) is 0 Å². The molecule has 4 nitrogen and oxygen atoms in total. The number of nitrogens with zero attached hydrogens (tertiary/aromatic N) is 2. The Balaban J connectivity index is 2.19. The van der Waals surface area contributed by atoms with Crippen LogP contribution in [0, 0.1) is 0 Å². The second-order valence-corrected chi connectivity index (χ2v) is 5.74. The van der Waals surface area contributed by atoms with Gasteiger partial charge in [0.1, 0.15) is 16.8 Å². The first-order valence-corrected chi connectivity index (χ1v) is 6.22. The van der Waals surface area contributed by atoms with Crippen molar-refractivity contribution in [1.82, 2.24) is 9.97 Å². The summed E-state index contributed by atoms with van der Waals surface area (Å²) in [7, 11) is 0. The summed E-state index contributed by atoms with van der Waals surface area (Å²) in [5.74, 6) is 1.54. The predicted molar refractivity (Wildman–Crippen MR) is 68.6 cm³/mol. The average molecular weight is 256 g/mol. The highest BCUT2D eigenvalue weighted by molar-refractivity contribution is 6.29. The molecule has 0 aliphatic carbocycles. The molecule has 1 aliphatic heterocycles. The van der Waals surface area contributed by atoms with Crippen LogP contribution in [-0.2, 0) is 10.2 Å². The summed E-state index contributed by atoms with van der Waals surface area (Å²) in [6.45, 7) is 7.75. The van der Waals surface area contributed by atoms with Crippen LogP contribution in [0.4, 0.5) is 5.82 Å². The van der Waals surface area contributed by atoms with Gasteiger partial charge in [-0.2, -0.15) is 0 Å². The van der Waals surface area contributed by atoms with E-state index in [-0.39, 0.29) is 5.41 Å². The lowest BCUT2D eigenvalue weighted by Crippen LogP contribution is -2.22. The Morgan fingerprint density at radius 3 is 2.76 bits per heavy atom. The summed E-state index contributed by atoms with van der Waals surface area (Å²) < 4.78 is 5.32. The third-order valence-electron chi connectivity index (χ3n) is 2.65. The van der Waals surface area contributed by atoms with Crippen molar-refractivity contribution in [1.29, 1.82) is 0 Å². The van der Waals surface area contributed by atoms with E-state index in [1.165, 1.54) is 0 Å². The van der Waals surface area contributed by atoms with E-state index in [0.29, 0.717) is 11.2 Å². The maximum atomic E-state index is 6.02. The Labute approximate surface area is 107 Å². The van der Waals surface area contributed by atoms with E-state index in [1.54, 1.807) is 6.07 Å². The largest absolute Gasteiger partial charge is 0.379 e. The van der Waals surface area contributed by atoms with Crippen molar-refractivity contribution < 1.29 is 4.74 Å². The molecule has 1 atom stereocenters. The number of rotatable bonds is 2. The zero-order valence-corrected chi connectivity index (χ0v) is 11.2. The Kier molecular flexibility index (Phi) is 3.54. The molecular formula is C12H18ClN3O. The van der Waals surface area contributed by atoms with Crippen molar-refractivity contribution in [3.05, 3.63) is 17.0 Å². The number of halogens is 1. The second-order valence-electron chi connectivity index (χ2n) is 5.35. The fourth-order valence-corrected chi connectivity index (χ4v) is 1.87. The number of nitrogens with one attached hydrogen (secondary N) is 1. The fourth-order valence-electron chi connectivity index (χ4n) is 1.68. The normalized spacial score (nSPS) is 20.6. The van der Waals surface area contributed by atoms with E-state index in [2.05, 4.69) is 36.1 Å². The maximum Gasteiger partial charge on any atom is 0.137 e. The Hall–Kier alpha value is -0.870. The van der Waals surface area contributed by atoms with Crippen molar-refractivity contribution in [3.8, 4) is 0 Å². The van der Waals surface area contributed by atoms with Gasteiger partial charge in [0.2, 0.25) is 0 Å². The van der Waals surface area contributed by atoms with Gasteiger partial charge >= 0.3 is 0 Å². The van der Waals surface area contributed by atoms with Crippen LogP contribution in [0.3, 0.4) is 0 Å². The molecule has 94 valence electrons. The van der Waals surface area contributed by atoms with Crippen LogP contribution < -0.4 is 5.32 Å². The van der Waals surface area contributed by atoms with E-state index < -0.39 is 0 Å². The van der Waals surface area contributed by atoms with Gasteiger partial charge in [0.15, 0.2) is 0 Å². The van der Waals surface area contributed by atoms with Gasteiger partial charge in [-0.1, -0.05) is 32.4 Å². The molecule has 1 unspecified atom stereocenters. The van der Waals surface area contributed by atoms with Gasteiger partial charge in [-0.3, -0.25) is 0 Å². The molecule has 0 spiro atoms. The molecule has 1 aromatic rings. The zero-order valence-electron chi connectivity index (χ0n) is 10.5. The lowest BCUT2D eigenvalue weighted by Gasteiger charge is -2.19. The Morgan fingerprint density at radius 2 is 2.18 bits per heavy atom. The number of hydrogen-bond acceptors (Lipinski definition) is 4. The van der Waals surface area contributed by atoms with Crippen molar-refractivity contribution in [3.63, 3.8) is 0 Å². The molecule has 0 radical (unpaired) electrons. The lowest BCUT2D eigenvalue weighted by atomic mass is 9.96.